The van der Waals surface area contributed by atoms with Crippen molar-refractivity contribution in [3.05, 3.63) is 35.9 Å². The van der Waals surface area contributed by atoms with Gasteiger partial charge < -0.3 is 11.1 Å². The minimum Gasteiger partial charge on any atom is -0.349 e. The van der Waals surface area contributed by atoms with Crippen molar-refractivity contribution >= 4 is 5.91 Å². The van der Waals surface area contributed by atoms with E-state index in [2.05, 4.69) is 31.3 Å². The summed E-state index contributed by atoms with van der Waals surface area (Å²) in [5.41, 5.74) is 6.74. The van der Waals surface area contributed by atoms with Gasteiger partial charge in [-0.15, -0.1) is 0 Å². The Morgan fingerprint density at radius 2 is 1.95 bits per heavy atom. The normalized spacial score (nSPS) is 14.2. The molecule has 1 atom stereocenters. The molecule has 19 heavy (non-hydrogen) atoms. The Morgan fingerprint density at radius 3 is 2.47 bits per heavy atom. The lowest BCUT2D eigenvalue weighted by atomic mass is 9.88. The molecular weight excluding hydrogens is 236 g/mol. The monoisotopic (exact) mass is 262 g/mol. The van der Waals surface area contributed by atoms with Gasteiger partial charge in [0.25, 0.3) is 0 Å². The third-order valence-electron chi connectivity index (χ3n) is 3.84. The van der Waals surface area contributed by atoms with Crippen molar-refractivity contribution in [3.63, 3.8) is 0 Å². The van der Waals surface area contributed by atoms with Gasteiger partial charge >= 0.3 is 0 Å². The topological polar surface area (TPSA) is 55.1 Å². The van der Waals surface area contributed by atoms with E-state index in [4.69, 9.17) is 5.73 Å². The number of benzene rings is 1. The van der Waals surface area contributed by atoms with Gasteiger partial charge in [-0.2, -0.15) is 0 Å². The molecule has 1 unspecified atom stereocenters. The summed E-state index contributed by atoms with van der Waals surface area (Å²) in [6, 6.07) is 10.2. The van der Waals surface area contributed by atoms with Crippen LogP contribution in [0, 0.1) is 5.92 Å². The highest BCUT2D eigenvalue weighted by molar-refractivity contribution is 5.76. The van der Waals surface area contributed by atoms with E-state index in [-0.39, 0.29) is 11.4 Å². The van der Waals surface area contributed by atoms with E-state index in [1.54, 1.807) is 0 Å². The lowest BCUT2D eigenvalue weighted by Crippen LogP contribution is -2.54. The largest absolute Gasteiger partial charge is 0.349 e. The number of hydrogen-bond donors (Lipinski definition) is 2. The molecule has 0 aliphatic heterocycles. The summed E-state index contributed by atoms with van der Waals surface area (Å²) in [5, 5.41) is 3.06. The molecule has 0 aliphatic rings. The highest BCUT2D eigenvalue weighted by atomic mass is 16.1. The Bertz CT molecular complexity index is 389. The van der Waals surface area contributed by atoms with Crippen LogP contribution in [0.1, 0.15) is 39.2 Å². The number of aryl methyl sites for hydroxylation is 1. The Labute approximate surface area is 116 Å². The van der Waals surface area contributed by atoms with Crippen molar-refractivity contribution in [2.75, 3.05) is 6.54 Å². The average Bonchev–Trinajstić information content (AvgIpc) is 2.39. The SMILES string of the molecule is CC(C)C(C)(CN)NC(=O)CCCc1ccccc1. The smallest absolute Gasteiger partial charge is 0.220 e. The maximum Gasteiger partial charge on any atom is 0.220 e. The van der Waals surface area contributed by atoms with Gasteiger partial charge in [0.05, 0.1) is 5.54 Å². The Balaban J connectivity index is 2.36. The molecule has 1 aromatic rings. The Hall–Kier alpha value is -1.35. The summed E-state index contributed by atoms with van der Waals surface area (Å²) in [7, 11) is 0. The molecular formula is C16H26N2O. The molecule has 0 heterocycles. The lowest BCUT2D eigenvalue weighted by molar-refractivity contribution is -0.123. The van der Waals surface area contributed by atoms with Gasteiger partial charge in [-0.3, -0.25) is 4.79 Å². The molecule has 3 N–H and O–H groups in total. The molecule has 3 heteroatoms. The zero-order valence-electron chi connectivity index (χ0n) is 12.3. The first-order chi connectivity index (χ1) is 8.98. The molecule has 0 aromatic heterocycles. The summed E-state index contributed by atoms with van der Waals surface area (Å²) >= 11 is 0. The fraction of sp³-hybridized carbons (Fsp3) is 0.562. The van der Waals surface area contributed by atoms with E-state index < -0.39 is 0 Å². The average molecular weight is 262 g/mol. The molecule has 106 valence electrons. The van der Waals surface area contributed by atoms with Gasteiger partial charge in [0.2, 0.25) is 5.91 Å². The number of carbonyl (C=O) groups is 1. The molecule has 0 fully saturated rings. The maximum atomic E-state index is 11.9. The van der Waals surface area contributed by atoms with Crippen LogP contribution in [0.25, 0.3) is 0 Å². The highest BCUT2D eigenvalue weighted by Crippen LogP contribution is 2.15. The second-order valence-electron chi connectivity index (χ2n) is 5.66. The van der Waals surface area contributed by atoms with Gasteiger partial charge in [-0.25, -0.2) is 0 Å². The molecule has 0 radical (unpaired) electrons. The van der Waals surface area contributed by atoms with Crippen LogP contribution >= 0.6 is 0 Å². The molecule has 1 rings (SSSR count). The molecule has 0 aliphatic carbocycles. The zero-order chi connectivity index (χ0) is 14.3. The van der Waals surface area contributed by atoms with Crippen molar-refractivity contribution in [2.45, 2.75) is 45.6 Å². The molecule has 3 nitrogen and oxygen atoms in total. The van der Waals surface area contributed by atoms with E-state index >= 15 is 0 Å². The van der Waals surface area contributed by atoms with Crippen LogP contribution in [0.5, 0.6) is 0 Å². The van der Waals surface area contributed by atoms with Crippen LogP contribution in [0.2, 0.25) is 0 Å². The van der Waals surface area contributed by atoms with Crippen LogP contribution in [0.3, 0.4) is 0 Å². The molecule has 0 spiro atoms. The summed E-state index contributed by atoms with van der Waals surface area (Å²) < 4.78 is 0. The second-order valence-corrected chi connectivity index (χ2v) is 5.66. The van der Waals surface area contributed by atoms with Crippen molar-refractivity contribution in [3.8, 4) is 0 Å². The van der Waals surface area contributed by atoms with Crippen LogP contribution < -0.4 is 11.1 Å². The number of hydrogen-bond acceptors (Lipinski definition) is 2. The van der Waals surface area contributed by atoms with E-state index in [0.717, 1.165) is 12.8 Å². The standard InChI is InChI=1S/C16H26N2O/c1-13(2)16(3,12-17)18-15(19)11-7-10-14-8-5-4-6-9-14/h4-6,8-9,13H,7,10-12,17H2,1-3H3,(H,18,19). The summed E-state index contributed by atoms with van der Waals surface area (Å²) in [6.07, 6.45) is 2.36. The molecule has 0 saturated carbocycles. The molecule has 0 bridgehead atoms. The van der Waals surface area contributed by atoms with Gasteiger partial charge in [0, 0.05) is 13.0 Å². The molecule has 0 saturated heterocycles. The quantitative estimate of drug-likeness (QED) is 0.793. The number of amides is 1. The van der Waals surface area contributed by atoms with Gasteiger partial charge in [-0.05, 0) is 31.2 Å². The van der Waals surface area contributed by atoms with Crippen molar-refractivity contribution in [1.29, 1.82) is 0 Å². The summed E-state index contributed by atoms with van der Waals surface area (Å²) in [5.74, 6) is 0.424. The first-order valence-electron chi connectivity index (χ1n) is 7.03. The fourth-order valence-corrected chi connectivity index (χ4v) is 1.91. The second kappa shape index (κ2) is 7.29. The first-order valence-corrected chi connectivity index (χ1v) is 7.03. The van der Waals surface area contributed by atoms with Crippen LogP contribution in [0.15, 0.2) is 30.3 Å². The van der Waals surface area contributed by atoms with Gasteiger partial charge in [0.1, 0.15) is 0 Å². The van der Waals surface area contributed by atoms with E-state index in [0.29, 0.717) is 18.9 Å². The minimum atomic E-state index is -0.302. The first kappa shape index (κ1) is 15.7. The summed E-state index contributed by atoms with van der Waals surface area (Å²) in [4.78, 5) is 11.9. The van der Waals surface area contributed by atoms with E-state index in [1.165, 1.54) is 5.56 Å². The maximum absolute atomic E-state index is 11.9. The zero-order valence-corrected chi connectivity index (χ0v) is 12.3. The minimum absolute atomic E-state index is 0.0950. The van der Waals surface area contributed by atoms with E-state index in [1.807, 2.05) is 25.1 Å². The fourth-order valence-electron chi connectivity index (χ4n) is 1.91. The summed E-state index contributed by atoms with van der Waals surface area (Å²) in [6.45, 7) is 6.63. The van der Waals surface area contributed by atoms with Crippen molar-refractivity contribution < 1.29 is 4.79 Å². The number of carbonyl (C=O) groups excluding carboxylic acids is 1. The third kappa shape index (κ3) is 5.03. The van der Waals surface area contributed by atoms with Crippen LogP contribution in [0.4, 0.5) is 0 Å². The highest BCUT2D eigenvalue weighted by Gasteiger charge is 2.28. The lowest BCUT2D eigenvalue weighted by Gasteiger charge is -2.33. The predicted octanol–water partition coefficient (Wildman–Crippen LogP) is 2.50. The van der Waals surface area contributed by atoms with Crippen molar-refractivity contribution in [2.24, 2.45) is 11.7 Å². The van der Waals surface area contributed by atoms with Crippen molar-refractivity contribution in [1.82, 2.24) is 5.32 Å². The third-order valence-corrected chi connectivity index (χ3v) is 3.84. The van der Waals surface area contributed by atoms with Gasteiger partial charge in [0.15, 0.2) is 0 Å². The number of nitrogens with two attached hydrogens (primary N) is 1. The van der Waals surface area contributed by atoms with Crippen LogP contribution in [-0.4, -0.2) is 18.0 Å². The number of nitrogens with one attached hydrogen (secondary N) is 1. The van der Waals surface area contributed by atoms with E-state index in [9.17, 15) is 4.79 Å². The Kier molecular flexibility index (Phi) is 6.03. The van der Waals surface area contributed by atoms with Crippen LogP contribution in [-0.2, 0) is 11.2 Å². The number of rotatable bonds is 7. The predicted molar refractivity (Wildman–Crippen MR) is 79.8 cm³/mol. The molecule has 1 amide bonds. The molecule has 1 aromatic carbocycles. The Morgan fingerprint density at radius 1 is 1.32 bits per heavy atom. The van der Waals surface area contributed by atoms with Gasteiger partial charge in [-0.1, -0.05) is 44.2 Å².